The maximum atomic E-state index is 5.60. The Kier molecular flexibility index (Phi) is 4.11. The second-order valence-electron chi connectivity index (χ2n) is 4.03. The second kappa shape index (κ2) is 5.13. The fourth-order valence-electron chi connectivity index (χ4n) is 1.33. The Morgan fingerprint density at radius 3 is 2.50 bits per heavy atom. The normalized spacial score (nSPS) is 11.3. The van der Waals surface area contributed by atoms with Gasteiger partial charge in [-0.1, -0.05) is 24.3 Å². The zero-order chi connectivity index (χ0) is 10.6. The van der Waals surface area contributed by atoms with Crippen molar-refractivity contribution in [2.24, 2.45) is 5.73 Å². The predicted molar refractivity (Wildman–Crippen MR) is 60.9 cm³/mol. The van der Waals surface area contributed by atoms with Gasteiger partial charge in [0.15, 0.2) is 0 Å². The largest absolute Gasteiger partial charge is 0.326 e. The fraction of sp³-hybridized carbons (Fsp3) is 0.500. The minimum absolute atomic E-state index is 0.580. The van der Waals surface area contributed by atoms with Crippen molar-refractivity contribution in [3.8, 4) is 0 Å². The number of nitrogens with two attached hydrogens (primary N) is 1. The molecule has 2 heteroatoms. The van der Waals surface area contributed by atoms with Gasteiger partial charge >= 0.3 is 0 Å². The Morgan fingerprint density at radius 1 is 1.29 bits per heavy atom. The molecular weight excluding hydrogens is 172 g/mol. The molecule has 0 spiro atoms. The Balaban J connectivity index is 2.66. The SMILES string of the molecule is CC(C)N(C)Cc1cccc(CN)c1. The van der Waals surface area contributed by atoms with Gasteiger partial charge in [0.05, 0.1) is 0 Å². The van der Waals surface area contributed by atoms with E-state index in [0.29, 0.717) is 12.6 Å². The molecule has 0 heterocycles. The van der Waals surface area contributed by atoms with Crippen LogP contribution in [-0.2, 0) is 13.1 Å². The Morgan fingerprint density at radius 2 is 1.93 bits per heavy atom. The van der Waals surface area contributed by atoms with E-state index in [0.717, 1.165) is 6.54 Å². The summed E-state index contributed by atoms with van der Waals surface area (Å²) in [5.41, 5.74) is 8.14. The Labute approximate surface area is 86.7 Å². The van der Waals surface area contributed by atoms with Crippen LogP contribution in [0.4, 0.5) is 0 Å². The van der Waals surface area contributed by atoms with Crippen molar-refractivity contribution in [3.05, 3.63) is 35.4 Å². The standard InChI is InChI=1S/C12H20N2/c1-10(2)14(3)9-12-6-4-5-11(7-12)8-13/h4-7,10H,8-9,13H2,1-3H3. The molecule has 0 unspecified atom stereocenters. The van der Waals surface area contributed by atoms with E-state index >= 15 is 0 Å². The number of nitrogens with zero attached hydrogens (tertiary/aromatic N) is 1. The van der Waals surface area contributed by atoms with Crippen LogP contribution in [0.2, 0.25) is 0 Å². The van der Waals surface area contributed by atoms with Crippen LogP contribution in [0.15, 0.2) is 24.3 Å². The van der Waals surface area contributed by atoms with Crippen molar-refractivity contribution in [3.63, 3.8) is 0 Å². The summed E-state index contributed by atoms with van der Waals surface area (Å²) >= 11 is 0. The molecule has 1 aromatic carbocycles. The van der Waals surface area contributed by atoms with Crippen molar-refractivity contribution in [2.45, 2.75) is 33.0 Å². The monoisotopic (exact) mass is 192 g/mol. The van der Waals surface area contributed by atoms with Crippen molar-refractivity contribution in [2.75, 3.05) is 7.05 Å². The second-order valence-corrected chi connectivity index (χ2v) is 4.03. The van der Waals surface area contributed by atoms with E-state index < -0.39 is 0 Å². The van der Waals surface area contributed by atoms with Crippen LogP contribution < -0.4 is 5.73 Å². The van der Waals surface area contributed by atoms with Crippen LogP contribution in [0.3, 0.4) is 0 Å². The lowest BCUT2D eigenvalue weighted by atomic mass is 10.1. The van der Waals surface area contributed by atoms with E-state index in [2.05, 4.69) is 50.1 Å². The van der Waals surface area contributed by atoms with Crippen molar-refractivity contribution in [1.82, 2.24) is 4.90 Å². The van der Waals surface area contributed by atoms with E-state index in [9.17, 15) is 0 Å². The molecule has 0 aliphatic carbocycles. The molecule has 78 valence electrons. The van der Waals surface area contributed by atoms with E-state index in [1.165, 1.54) is 11.1 Å². The first kappa shape index (κ1) is 11.2. The van der Waals surface area contributed by atoms with Crippen LogP contribution in [0.25, 0.3) is 0 Å². The Hall–Kier alpha value is -0.860. The van der Waals surface area contributed by atoms with Gasteiger partial charge in [0.1, 0.15) is 0 Å². The molecule has 14 heavy (non-hydrogen) atoms. The summed E-state index contributed by atoms with van der Waals surface area (Å²) in [6.45, 7) is 6.02. The molecule has 0 fully saturated rings. The summed E-state index contributed by atoms with van der Waals surface area (Å²) in [7, 11) is 2.14. The molecule has 2 N–H and O–H groups in total. The number of benzene rings is 1. The van der Waals surface area contributed by atoms with Crippen LogP contribution >= 0.6 is 0 Å². The lowest BCUT2D eigenvalue weighted by Gasteiger charge is -2.21. The van der Waals surface area contributed by atoms with Crippen LogP contribution in [0, 0.1) is 0 Å². The molecule has 1 rings (SSSR count). The molecule has 1 aromatic rings. The zero-order valence-electron chi connectivity index (χ0n) is 9.33. The summed E-state index contributed by atoms with van der Waals surface area (Å²) in [5.74, 6) is 0. The zero-order valence-corrected chi connectivity index (χ0v) is 9.33. The van der Waals surface area contributed by atoms with Gasteiger partial charge in [-0.15, -0.1) is 0 Å². The van der Waals surface area contributed by atoms with Gasteiger partial charge in [0, 0.05) is 19.1 Å². The average molecular weight is 192 g/mol. The van der Waals surface area contributed by atoms with Gasteiger partial charge in [-0.25, -0.2) is 0 Å². The summed E-state index contributed by atoms with van der Waals surface area (Å²) in [6, 6.07) is 9.05. The molecule has 0 aromatic heterocycles. The fourth-order valence-corrected chi connectivity index (χ4v) is 1.33. The van der Waals surface area contributed by atoms with E-state index in [-0.39, 0.29) is 0 Å². The molecule has 0 aliphatic rings. The third-order valence-electron chi connectivity index (χ3n) is 2.54. The first-order chi connectivity index (χ1) is 6.63. The molecule has 2 nitrogen and oxygen atoms in total. The number of hydrogen-bond acceptors (Lipinski definition) is 2. The maximum Gasteiger partial charge on any atom is 0.0233 e. The summed E-state index contributed by atoms with van der Waals surface area (Å²) < 4.78 is 0. The number of hydrogen-bond donors (Lipinski definition) is 1. The molecule has 0 radical (unpaired) electrons. The molecule has 0 amide bonds. The van der Waals surface area contributed by atoms with Gasteiger partial charge in [-0.2, -0.15) is 0 Å². The predicted octanol–water partition coefficient (Wildman–Crippen LogP) is 1.99. The highest BCUT2D eigenvalue weighted by Crippen LogP contribution is 2.08. The van der Waals surface area contributed by atoms with Crippen molar-refractivity contribution >= 4 is 0 Å². The van der Waals surface area contributed by atoms with E-state index in [4.69, 9.17) is 5.73 Å². The van der Waals surface area contributed by atoms with Gasteiger partial charge in [-0.05, 0) is 32.0 Å². The third-order valence-corrected chi connectivity index (χ3v) is 2.54. The van der Waals surface area contributed by atoms with Gasteiger partial charge in [-0.3, -0.25) is 4.90 Å². The van der Waals surface area contributed by atoms with Crippen LogP contribution in [0.5, 0.6) is 0 Å². The maximum absolute atomic E-state index is 5.60. The highest BCUT2D eigenvalue weighted by Gasteiger charge is 2.03. The van der Waals surface area contributed by atoms with Crippen molar-refractivity contribution in [1.29, 1.82) is 0 Å². The smallest absolute Gasteiger partial charge is 0.0233 e. The highest BCUT2D eigenvalue weighted by atomic mass is 15.1. The van der Waals surface area contributed by atoms with Crippen LogP contribution in [0.1, 0.15) is 25.0 Å². The van der Waals surface area contributed by atoms with Gasteiger partial charge in [0.25, 0.3) is 0 Å². The van der Waals surface area contributed by atoms with Crippen molar-refractivity contribution < 1.29 is 0 Å². The Bertz CT molecular complexity index is 281. The van der Waals surface area contributed by atoms with Crippen LogP contribution in [-0.4, -0.2) is 18.0 Å². The lowest BCUT2D eigenvalue weighted by Crippen LogP contribution is -2.25. The summed E-state index contributed by atoms with van der Waals surface area (Å²) in [5, 5.41) is 0. The quantitative estimate of drug-likeness (QED) is 0.790. The topological polar surface area (TPSA) is 29.3 Å². The van der Waals surface area contributed by atoms with E-state index in [1.54, 1.807) is 0 Å². The molecule has 0 atom stereocenters. The molecule has 0 saturated heterocycles. The molecular formula is C12H20N2. The third kappa shape index (κ3) is 3.13. The number of rotatable bonds is 4. The minimum Gasteiger partial charge on any atom is -0.326 e. The average Bonchev–Trinajstić information content (AvgIpc) is 2.18. The molecule has 0 saturated carbocycles. The first-order valence-corrected chi connectivity index (χ1v) is 5.11. The highest BCUT2D eigenvalue weighted by molar-refractivity contribution is 5.23. The van der Waals surface area contributed by atoms with Gasteiger partial charge in [0.2, 0.25) is 0 Å². The lowest BCUT2D eigenvalue weighted by molar-refractivity contribution is 0.266. The molecule has 0 bridgehead atoms. The first-order valence-electron chi connectivity index (χ1n) is 5.11. The minimum atomic E-state index is 0.580. The molecule has 0 aliphatic heterocycles. The van der Waals surface area contributed by atoms with Gasteiger partial charge < -0.3 is 5.73 Å². The summed E-state index contributed by atoms with van der Waals surface area (Å²) in [4.78, 5) is 2.32. The van der Waals surface area contributed by atoms with E-state index in [1.807, 2.05) is 0 Å². The summed E-state index contributed by atoms with van der Waals surface area (Å²) in [6.07, 6.45) is 0.